The molecule has 0 bridgehead atoms. The Kier molecular flexibility index (Phi) is 3.84. The van der Waals surface area contributed by atoms with Gasteiger partial charge >= 0.3 is 11.4 Å². The third-order valence-electron chi connectivity index (χ3n) is 0.614. The number of nitrogens with one attached hydrogen (secondary N) is 1. The second kappa shape index (κ2) is 3.87. The topological polar surface area (TPSA) is 63.1 Å². The van der Waals surface area contributed by atoms with Crippen molar-refractivity contribution >= 4 is 0 Å². The first-order chi connectivity index (χ1) is 3.79. The van der Waals surface area contributed by atoms with E-state index in [1.165, 1.54) is 6.20 Å². The van der Waals surface area contributed by atoms with Crippen LogP contribution >= 0.6 is 0 Å². The summed E-state index contributed by atoms with van der Waals surface area (Å²) >= 11 is 0. The van der Waals surface area contributed by atoms with E-state index in [2.05, 4.69) is 9.40 Å². The second-order valence-electron chi connectivity index (χ2n) is 1.19. The normalized spacial score (nSPS) is 8.00. The Balaban J connectivity index is 0.000000640. The summed E-state index contributed by atoms with van der Waals surface area (Å²) in [5, 5.41) is 0. The molecular formula is C4H3ArNO3. The summed E-state index contributed by atoms with van der Waals surface area (Å²) in [6.07, 6.45) is 1.23. The van der Waals surface area contributed by atoms with E-state index < -0.39 is 11.4 Å². The SMILES string of the molecule is O=c1cc[nH]c(=O)o1.[Ar]. The van der Waals surface area contributed by atoms with Gasteiger partial charge in [0.25, 0.3) is 0 Å². The van der Waals surface area contributed by atoms with Crippen molar-refractivity contribution in [3.05, 3.63) is 33.2 Å². The van der Waals surface area contributed by atoms with Gasteiger partial charge in [-0.15, -0.1) is 0 Å². The molecule has 0 amide bonds. The van der Waals surface area contributed by atoms with Gasteiger partial charge in [0.15, 0.2) is 0 Å². The zero-order chi connectivity index (χ0) is 5.98. The van der Waals surface area contributed by atoms with Gasteiger partial charge in [-0.25, -0.2) is 9.59 Å². The van der Waals surface area contributed by atoms with Crippen molar-refractivity contribution in [3.8, 4) is 0 Å². The molecule has 0 radical (unpaired) electrons. The fraction of sp³-hybridized carbons (Fsp3) is 0. The van der Waals surface area contributed by atoms with Crippen LogP contribution in [0.3, 0.4) is 0 Å². The first kappa shape index (κ1) is 8.94. The first-order valence-corrected chi connectivity index (χ1v) is 1.98. The van der Waals surface area contributed by atoms with Crippen LogP contribution in [0, 0.1) is 37.7 Å². The van der Waals surface area contributed by atoms with Gasteiger partial charge in [0.2, 0.25) is 0 Å². The fourth-order valence-corrected chi connectivity index (χ4v) is 0.333. The molecular weight excluding hydrogens is 150 g/mol. The number of hydrogen-bond donors (Lipinski definition) is 1. The molecule has 0 atom stereocenters. The number of aromatic amines is 1. The molecule has 4 nitrogen and oxygen atoms in total. The van der Waals surface area contributed by atoms with Gasteiger partial charge in [-0.2, -0.15) is 0 Å². The van der Waals surface area contributed by atoms with E-state index in [4.69, 9.17) is 0 Å². The summed E-state index contributed by atoms with van der Waals surface area (Å²) < 4.78 is 4.01. The van der Waals surface area contributed by atoms with E-state index in [1.807, 2.05) is 0 Å². The molecule has 1 N–H and O–H groups in total. The van der Waals surface area contributed by atoms with Gasteiger partial charge in [-0.1, -0.05) is 0 Å². The number of aromatic nitrogens is 1. The Morgan fingerprint density at radius 2 is 2.11 bits per heavy atom. The van der Waals surface area contributed by atoms with Gasteiger partial charge in [0, 0.05) is 50.0 Å². The quantitative estimate of drug-likeness (QED) is 0.537. The molecule has 0 aliphatic heterocycles. The molecule has 1 rings (SSSR count). The summed E-state index contributed by atoms with van der Waals surface area (Å²) in [5.41, 5.74) is -0.631. The van der Waals surface area contributed by atoms with Crippen molar-refractivity contribution in [2.24, 2.45) is 0 Å². The van der Waals surface area contributed by atoms with Crippen molar-refractivity contribution in [1.82, 2.24) is 4.98 Å². The number of rotatable bonds is 0. The maximum atomic E-state index is 10.1. The van der Waals surface area contributed by atoms with Crippen LogP contribution in [0.25, 0.3) is 0 Å². The predicted octanol–water partition coefficient (Wildman–Crippen LogP) is -0.672. The third kappa shape index (κ3) is 2.84. The predicted molar refractivity (Wildman–Crippen MR) is 25.6 cm³/mol. The van der Waals surface area contributed by atoms with Crippen molar-refractivity contribution in [2.45, 2.75) is 0 Å². The Labute approximate surface area is 79.9 Å². The van der Waals surface area contributed by atoms with Gasteiger partial charge in [-0.05, 0) is 0 Å². The summed E-state index contributed by atoms with van der Waals surface area (Å²) in [5.74, 6) is -0.725. The first-order valence-electron chi connectivity index (χ1n) is 1.98. The summed E-state index contributed by atoms with van der Waals surface area (Å²) in [6, 6.07) is 1.13. The minimum Gasteiger partial charge on any atom is -0.373 e. The van der Waals surface area contributed by atoms with Crippen LogP contribution < -0.4 is 11.4 Å². The van der Waals surface area contributed by atoms with E-state index in [1.54, 1.807) is 0 Å². The Morgan fingerprint density at radius 3 is 2.44 bits per heavy atom. The van der Waals surface area contributed by atoms with Crippen LogP contribution in [0.15, 0.2) is 26.3 Å². The molecule has 0 unspecified atom stereocenters. The zero-order valence-corrected chi connectivity index (χ0v) is 4.94. The van der Waals surface area contributed by atoms with E-state index >= 15 is 0 Å². The molecule has 0 saturated carbocycles. The standard InChI is InChI=1S/C4H3NO3.Ar/c6-3-1-2-5-4(7)8-3;/h1-2H,(H,5,7);. The fourth-order valence-electron chi connectivity index (χ4n) is 0.333. The van der Waals surface area contributed by atoms with Gasteiger partial charge in [-0.3, -0.25) is 4.98 Å². The summed E-state index contributed by atoms with van der Waals surface area (Å²) in [6.45, 7) is 0. The number of H-pyrrole nitrogens is 1. The van der Waals surface area contributed by atoms with E-state index in [-0.39, 0.29) is 37.7 Å². The maximum absolute atomic E-state index is 10.1. The van der Waals surface area contributed by atoms with E-state index in [0.717, 1.165) is 6.07 Å². The minimum atomic E-state index is -0.725. The van der Waals surface area contributed by atoms with Crippen LogP contribution in [0.1, 0.15) is 0 Å². The molecule has 0 aliphatic rings. The van der Waals surface area contributed by atoms with Crippen LogP contribution in [-0.2, 0) is 0 Å². The molecule has 0 fully saturated rings. The zero-order valence-electron chi connectivity index (χ0n) is 4.23. The van der Waals surface area contributed by atoms with Crippen LogP contribution in [0.4, 0.5) is 0 Å². The van der Waals surface area contributed by atoms with Crippen molar-refractivity contribution < 1.29 is 42.2 Å². The second-order valence-corrected chi connectivity index (χ2v) is 1.19. The number of hydrogen-bond acceptors (Lipinski definition) is 3. The smallest absolute Gasteiger partial charge is 0.373 e. The molecule has 0 spiro atoms. The monoisotopic (exact) mass is 153 g/mol. The molecule has 1 heterocycles. The van der Waals surface area contributed by atoms with Crippen molar-refractivity contribution in [1.29, 1.82) is 0 Å². The molecule has 5 heteroatoms. The molecule has 0 aliphatic carbocycles. The van der Waals surface area contributed by atoms with E-state index in [9.17, 15) is 9.59 Å². The molecule has 50 valence electrons. The Bertz CT molecular complexity index is 250. The van der Waals surface area contributed by atoms with Crippen LogP contribution in [0.2, 0.25) is 0 Å². The Hall–Kier alpha value is -0.0603. The largest absolute Gasteiger partial charge is 0.419 e. The summed E-state index contributed by atoms with van der Waals surface area (Å²) in [7, 11) is 0. The molecule has 0 aromatic carbocycles. The summed E-state index contributed by atoms with van der Waals surface area (Å²) in [4.78, 5) is 22.3. The van der Waals surface area contributed by atoms with Gasteiger partial charge in [0.1, 0.15) is 0 Å². The van der Waals surface area contributed by atoms with Gasteiger partial charge in [0.05, 0.1) is 0 Å². The van der Waals surface area contributed by atoms with Crippen molar-refractivity contribution in [3.63, 3.8) is 0 Å². The molecule has 1 aromatic rings. The molecule has 1 aromatic heterocycles. The van der Waals surface area contributed by atoms with Gasteiger partial charge < -0.3 is 4.42 Å². The van der Waals surface area contributed by atoms with E-state index in [0.29, 0.717) is 0 Å². The average Bonchev–Trinajstić information content (AvgIpc) is 1.64. The van der Waals surface area contributed by atoms with Crippen LogP contribution in [-0.4, -0.2) is 4.98 Å². The van der Waals surface area contributed by atoms with Crippen LogP contribution in [0.5, 0.6) is 0 Å². The van der Waals surface area contributed by atoms with Crippen molar-refractivity contribution in [2.75, 3.05) is 0 Å². The maximum Gasteiger partial charge on any atom is 0.419 e. The molecule has 0 saturated heterocycles. The Morgan fingerprint density at radius 1 is 1.44 bits per heavy atom. The minimum absolute atomic E-state index is 0. The third-order valence-corrected chi connectivity index (χ3v) is 0.614. The molecule has 9 heavy (non-hydrogen) atoms. The average molecular weight is 153 g/mol.